The van der Waals surface area contributed by atoms with Crippen LogP contribution in [0.1, 0.15) is 26.7 Å². The molecule has 0 aliphatic carbocycles. The third kappa shape index (κ3) is 3.57. The van der Waals surface area contributed by atoms with Gasteiger partial charge < -0.3 is 15.3 Å². The summed E-state index contributed by atoms with van der Waals surface area (Å²) in [6.07, 6.45) is 3.59. The molecule has 2 heterocycles. The predicted octanol–water partition coefficient (Wildman–Crippen LogP) is 2.27. The lowest BCUT2D eigenvalue weighted by molar-refractivity contribution is 0.109. The summed E-state index contributed by atoms with van der Waals surface area (Å²) in [5, 5.41) is 12.8. The summed E-state index contributed by atoms with van der Waals surface area (Å²) in [5.41, 5.74) is 0. The van der Waals surface area contributed by atoms with E-state index in [1.54, 1.807) is 6.20 Å². The van der Waals surface area contributed by atoms with E-state index in [0.29, 0.717) is 11.9 Å². The molecule has 1 aromatic heterocycles. The van der Waals surface area contributed by atoms with Crippen molar-refractivity contribution in [2.45, 2.75) is 32.8 Å². The molecule has 1 aliphatic rings. The van der Waals surface area contributed by atoms with Gasteiger partial charge in [-0.15, -0.1) is 0 Å². The van der Waals surface area contributed by atoms with Crippen LogP contribution in [-0.2, 0) is 0 Å². The Hall–Kier alpha value is -0.880. The molecule has 106 valence electrons. The molecule has 2 N–H and O–H groups in total. The van der Waals surface area contributed by atoms with Gasteiger partial charge in [-0.25, -0.2) is 4.98 Å². The van der Waals surface area contributed by atoms with Crippen LogP contribution in [0.3, 0.4) is 0 Å². The van der Waals surface area contributed by atoms with Crippen molar-refractivity contribution in [2.75, 3.05) is 29.9 Å². The molecular weight excluding hydrogens is 308 g/mol. The number of piperidine rings is 1. The molecule has 0 saturated carbocycles. The van der Waals surface area contributed by atoms with E-state index in [2.05, 4.69) is 36.1 Å². The molecule has 1 saturated heterocycles. The summed E-state index contributed by atoms with van der Waals surface area (Å²) in [5.74, 6) is 2.01. The lowest BCUT2D eigenvalue weighted by Crippen LogP contribution is -2.37. The van der Waals surface area contributed by atoms with Gasteiger partial charge in [-0.2, -0.15) is 4.98 Å². The number of aliphatic hydroxyl groups is 1. The van der Waals surface area contributed by atoms with Crippen LogP contribution in [0.15, 0.2) is 10.7 Å². The second-order valence-electron chi connectivity index (χ2n) is 4.96. The van der Waals surface area contributed by atoms with E-state index in [1.165, 1.54) is 0 Å². The smallest absolute Gasteiger partial charge is 0.224 e. The highest BCUT2D eigenvalue weighted by Gasteiger charge is 2.24. The molecule has 1 fully saturated rings. The molecule has 0 radical (unpaired) electrons. The van der Waals surface area contributed by atoms with Crippen molar-refractivity contribution >= 4 is 27.7 Å². The lowest BCUT2D eigenvalue weighted by atomic mass is 9.92. The van der Waals surface area contributed by atoms with Crippen LogP contribution in [0.4, 0.5) is 11.8 Å². The van der Waals surface area contributed by atoms with Gasteiger partial charge >= 0.3 is 0 Å². The third-order valence-corrected chi connectivity index (χ3v) is 4.14. The maximum atomic E-state index is 9.64. The molecule has 1 atom stereocenters. The van der Waals surface area contributed by atoms with E-state index >= 15 is 0 Å². The number of aromatic nitrogens is 2. The fourth-order valence-corrected chi connectivity index (χ4v) is 2.86. The van der Waals surface area contributed by atoms with Gasteiger partial charge in [-0.05, 0) is 48.5 Å². The highest BCUT2D eigenvalue weighted by atomic mass is 79.9. The molecule has 0 spiro atoms. The topological polar surface area (TPSA) is 61.3 Å². The molecule has 0 bridgehead atoms. The van der Waals surface area contributed by atoms with Crippen LogP contribution in [0, 0.1) is 5.92 Å². The predicted molar refractivity (Wildman–Crippen MR) is 80.5 cm³/mol. The number of hydrogen-bond acceptors (Lipinski definition) is 5. The maximum Gasteiger partial charge on any atom is 0.224 e. The average Bonchev–Trinajstić information content (AvgIpc) is 2.41. The van der Waals surface area contributed by atoms with Gasteiger partial charge in [-0.3, -0.25) is 0 Å². The summed E-state index contributed by atoms with van der Waals surface area (Å²) in [4.78, 5) is 11.0. The quantitative estimate of drug-likeness (QED) is 0.887. The zero-order valence-electron chi connectivity index (χ0n) is 11.4. The van der Waals surface area contributed by atoms with Crippen LogP contribution >= 0.6 is 15.9 Å². The molecule has 1 unspecified atom stereocenters. The molecular formula is C13H21BrN4O. The Balaban J connectivity index is 2.08. The Bertz CT molecular complexity index is 419. The first-order valence-electron chi connectivity index (χ1n) is 6.81. The maximum absolute atomic E-state index is 9.64. The minimum Gasteiger partial charge on any atom is -0.393 e. The van der Waals surface area contributed by atoms with E-state index in [-0.39, 0.29) is 6.10 Å². The van der Waals surface area contributed by atoms with Gasteiger partial charge in [0.2, 0.25) is 5.95 Å². The number of nitrogens with one attached hydrogen (secondary N) is 1. The minimum absolute atomic E-state index is 0.215. The normalized spacial score (nSPS) is 18.4. The molecule has 1 aliphatic heterocycles. The van der Waals surface area contributed by atoms with Crippen molar-refractivity contribution in [3.63, 3.8) is 0 Å². The number of hydrogen-bond donors (Lipinski definition) is 2. The van der Waals surface area contributed by atoms with Crippen molar-refractivity contribution in [1.29, 1.82) is 0 Å². The number of halogens is 1. The number of aliphatic hydroxyl groups excluding tert-OH is 1. The van der Waals surface area contributed by atoms with E-state index in [9.17, 15) is 5.11 Å². The Morgan fingerprint density at radius 1 is 1.53 bits per heavy atom. The van der Waals surface area contributed by atoms with Crippen molar-refractivity contribution < 1.29 is 5.11 Å². The van der Waals surface area contributed by atoms with Crippen LogP contribution in [0.25, 0.3) is 0 Å². The summed E-state index contributed by atoms with van der Waals surface area (Å²) in [7, 11) is 0. The van der Waals surface area contributed by atoms with Crippen molar-refractivity contribution in [3.05, 3.63) is 10.7 Å². The van der Waals surface area contributed by atoms with E-state index in [1.807, 2.05) is 13.8 Å². The number of rotatable bonds is 4. The van der Waals surface area contributed by atoms with Crippen LogP contribution in [0.5, 0.6) is 0 Å². The Morgan fingerprint density at radius 3 is 2.79 bits per heavy atom. The zero-order valence-corrected chi connectivity index (χ0v) is 13.0. The monoisotopic (exact) mass is 328 g/mol. The van der Waals surface area contributed by atoms with Crippen molar-refractivity contribution in [3.8, 4) is 0 Å². The van der Waals surface area contributed by atoms with Gasteiger partial charge in [0.05, 0.1) is 10.6 Å². The average molecular weight is 329 g/mol. The minimum atomic E-state index is -0.215. The van der Waals surface area contributed by atoms with Crippen molar-refractivity contribution in [2.24, 2.45) is 5.92 Å². The first kappa shape index (κ1) is 14.5. The molecule has 2 rings (SSSR count). The largest absolute Gasteiger partial charge is 0.393 e. The number of nitrogens with zero attached hydrogens (tertiary/aromatic N) is 3. The molecule has 0 amide bonds. The van der Waals surface area contributed by atoms with Crippen molar-refractivity contribution in [1.82, 2.24) is 9.97 Å². The standard InChI is InChI=1S/C13H21BrN4O/c1-3-15-13-16-8-11(14)12(17-13)18-6-4-10(5-7-18)9(2)19/h8-10,19H,3-7H2,1-2H3,(H,15,16,17). The van der Waals surface area contributed by atoms with Crippen LogP contribution < -0.4 is 10.2 Å². The third-order valence-electron chi connectivity index (χ3n) is 3.58. The molecule has 0 aromatic carbocycles. The summed E-state index contributed by atoms with van der Waals surface area (Å²) in [6.45, 7) is 6.57. The first-order valence-corrected chi connectivity index (χ1v) is 7.60. The highest BCUT2D eigenvalue weighted by molar-refractivity contribution is 9.10. The fourth-order valence-electron chi connectivity index (χ4n) is 2.42. The lowest BCUT2D eigenvalue weighted by Gasteiger charge is -2.34. The Kier molecular flexibility index (Phi) is 4.99. The number of anilines is 2. The van der Waals surface area contributed by atoms with E-state index < -0.39 is 0 Å². The molecule has 6 heteroatoms. The summed E-state index contributed by atoms with van der Waals surface area (Å²) in [6, 6.07) is 0. The second-order valence-corrected chi connectivity index (χ2v) is 5.81. The molecule has 1 aromatic rings. The van der Waals surface area contributed by atoms with Gasteiger partial charge in [0.15, 0.2) is 0 Å². The molecule has 5 nitrogen and oxygen atoms in total. The van der Waals surface area contributed by atoms with Gasteiger partial charge in [0.1, 0.15) is 5.82 Å². The van der Waals surface area contributed by atoms with Gasteiger partial charge in [0, 0.05) is 25.8 Å². The fraction of sp³-hybridized carbons (Fsp3) is 0.692. The SMILES string of the molecule is CCNc1ncc(Br)c(N2CCC(C(C)O)CC2)n1. The van der Waals surface area contributed by atoms with Crippen LogP contribution in [-0.4, -0.2) is 40.8 Å². The second kappa shape index (κ2) is 6.52. The Morgan fingerprint density at radius 2 is 2.21 bits per heavy atom. The van der Waals surface area contributed by atoms with Gasteiger partial charge in [-0.1, -0.05) is 0 Å². The first-order chi connectivity index (χ1) is 9.11. The summed E-state index contributed by atoms with van der Waals surface area (Å²) >= 11 is 3.52. The van der Waals surface area contributed by atoms with Gasteiger partial charge in [0.25, 0.3) is 0 Å². The van der Waals surface area contributed by atoms with E-state index in [0.717, 1.165) is 42.8 Å². The highest BCUT2D eigenvalue weighted by Crippen LogP contribution is 2.29. The molecule has 19 heavy (non-hydrogen) atoms. The van der Waals surface area contributed by atoms with Crippen LogP contribution in [0.2, 0.25) is 0 Å². The zero-order chi connectivity index (χ0) is 13.8. The Labute approximate surface area is 122 Å². The summed E-state index contributed by atoms with van der Waals surface area (Å²) < 4.78 is 0.921. The van der Waals surface area contributed by atoms with E-state index in [4.69, 9.17) is 0 Å².